The van der Waals surface area contributed by atoms with Crippen molar-refractivity contribution in [3.63, 3.8) is 0 Å². The number of hydrogen-bond donors (Lipinski definition) is 3. The van der Waals surface area contributed by atoms with Gasteiger partial charge in [-0.2, -0.15) is 0 Å². The molecule has 0 unspecified atom stereocenters. The van der Waals surface area contributed by atoms with Gasteiger partial charge in [0.25, 0.3) is 5.91 Å². The number of piperazine rings is 1. The lowest BCUT2D eigenvalue weighted by atomic mass is 10.1. The van der Waals surface area contributed by atoms with Gasteiger partial charge in [-0.05, 0) is 42.8 Å². The summed E-state index contributed by atoms with van der Waals surface area (Å²) >= 11 is 0. The van der Waals surface area contributed by atoms with Gasteiger partial charge < -0.3 is 30.3 Å². The van der Waals surface area contributed by atoms with Crippen LogP contribution in [0.3, 0.4) is 0 Å². The highest BCUT2D eigenvalue weighted by atomic mass is 16.5. The van der Waals surface area contributed by atoms with E-state index in [2.05, 4.69) is 37.3 Å². The first kappa shape index (κ1) is 26.4. The summed E-state index contributed by atoms with van der Waals surface area (Å²) < 4.78 is 5.07. The normalized spacial score (nSPS) is 15.9. The molecule has 2 heterocycles. The molecule has 2 aromatic carbocycles. The number of anilines is 2. The summed E-state index contributed by atoms with van der Waals surface area (Å²) in [7, 11) is 0. The summed E-state index contributed by atoms with van der Waals surface area (Å²) in [5.41, 5.74) is 2.13. The number of aliphatic carboxylic acids is 1. The van der Waals surface area contributed by atoms with Crippen LogP contribution < -0.4 is 20.4 Å². The summed E-state index contributed by atoms with van der Waals surface area (Å²) in [6.45, 7) is 4.15. The van der Waals surface area contributed by atoms with Crippen LogP contribution in [0, 0.1) is 0 Å². The Hall–Kier alpha value is -4.67. The van der Waals surface area contributed by atoms with Gasteiger partial charge in [0, 0.05) is 55.9 Å². The highest BCUT2D eigenvalue weighted by Gasteiger charge is 2.26. The zero-order valence-electron chi connectivity index (χ0n) is 21.0. The van der Waals surface area contributed by atoms with Crippen molar-refractivity contribution < 1.29 is 24.2 Å². The number of hydrogen-bond acceptors (Lipinski definition) is 8. The van der Waals surface area contributed by atoms with Gasteiger partial charge >= 0.3 is 12.1 Å². The molecule has 0 aliphatic carbocycles. The van der Waals surface area contributed by atoms with Crippen molar-refractivity contribution >= 4 is 29.6 Å². The van der Waals surface area contributed by atoms with Crippen molar-refractivity contribution in [1.29, 1.82) is 0 Å². The average Bonchev–Trinajstić information content (AvgIpc) is 2.95. The van der Waals surface area contributed by atoms with E-state index in [-0.39, 0.29) is 19.2 Å². The number of benzene rings is 2. The molecule has 2 atom stereocenters. The summed E-state index contributed by atoms with van der Waals surface area (Å²) in [5.74, 6) is -1.02. The van der Waals surface area contributed by atoms with Crippen molar-refractivity contribution in [2.75, 3.05) is 36.0 Å². The number of carboxylic acid groups (broad SMARTS) is 1. The summed E-state index contributed by atoms with van der Waals surface area (Å²) in [5, 5.41) is 14.3. The Kier molecular flexibility index (Phi) is 8.70. The van der Waals surface area contributed by atoms with Crippen molar-refractivity contribution in [3.05, 3.63) is 84.2 Å². The van der Waals surface area contributed by atoms with Gasteiger partial charge in [0.05, 0.1) is 0 Å². The quantitative estimate of drug-likeness (QED) is 0.390. The number of aromatic nitrogens is 2. The van der Waals surface area contributed by atoms with Crippen molar-refractivity contribution in [2.24, 2.45) is 0 Å². The first-order chi connectivity index (χ1) is 18.4. The van der Waals surface area contributed by atoms with Gasteiger partial charge in [-0.3, -0.25) is 4.79 Å². The van der Waals surface area contributed by atoms with E-state index in [9.17, 15) is 19.5 Å². The standard InChI is InChI=1S/C27H30N6O5/c1-19-17-32(14-15-33(19)26-28-12-5-13-29-26)22-10-8-21(9-11-22)24(34)30-16-23(25(35)36)31-27(37)38-18-20-6-3-2-4-7-20/h2-13,19,23H,14-18H2,1H3,(H,30,34)(H,31,37)(H,35,36)/t19-,23-/m0/s1. The van der Waals surface area contributed by atoms with Crippen molar-refractivity contribution in [1.82, 2.24) is 20.6 Å². The van der Waals surface area contributed by atoms with Gasteiger partial charge in [0.1, 0.15) is 12.6 Å². The SMILES string of the molecule is C[C@H]1CN(c2ccc(C(=O)NC[C@H](NC(=O)OCc3ccccc3)C(=O)O)cc2)CCN1c1ncccn1. The summed E-state index contributed by atoms with van der Waals surface area (Å²) in [6, 6.07) is 16.8. The predicted molar refractivity (Wildman–Crippen MR) is 141 cm³/mol. The van der Waals surface area contributed by atoms with Gasteiger partial charge in [0.2, 0.25) is 5.95 Å². The molecule has 1 aliphatic heterocycles. The van der Waals surface area contributed by atoms with Crippen molar-refractivity contribution in [2.45, 2.75) is 25.6 Å². The molecule has 1 aliphatic rings. The highest BCUT2D eigenvalue weighted by Crippen LogP contribution is 2.22. The third-order valence-corrected chi connectivity index (χ3v) is 6.20. The number of rotatable bonds is 9. The van der Waals surface area contributed by atoms with Crippen LogP contribution >= 0.6 is 0 Å². The van der Waals surface area contributed by atoms with Gasteiger partial charge in [-0.25, -0.2) is 19.6 Å². The molecule has 3 aromatic rings. The van der Waals surface area contributed by atoms with E-state index in [4.69, 9.17) is 4.74 Å². The fourth-order valence-electron chi connectivity index (χ4n) is 4.16. The Balaban J connectivity index is 1.26. The van der Waals surface area contributed by atoms with Crippen LogP contribution in [0.15, 0.2) is 73.1 Å². The average molecular weight is 519 g/mol. The van der Waals surface area contributed by atoms with E-state index in [1.165, 1.54) is 0 Å². The van der Waals surface area contributed by atoms with E-state index < -0.39 is 24.0 Å². The molecule has 4 rings (SSSR count). The molecule has 0 radical (unpaired) electrons. The molecule has 198 valence electrons. The molecule has 38 heavy (non-hydrogen) atoms. The Bertz CT molecular complexity index is 1230. The number of carbonyl (C=O) groups excluding carboxylic acids is 2. The van der Waals surface area contributed by atoms with E-state index >= 15 is 0 Å². The zero-order chi connectivity index (χ0) is 26.9. The lowest BCUT2D eigenvalue weighted by Crippen LogP contribution is -2.52. The van der Waals surface area contributed by atoms with Gasteiger partial charge in [-0.1, -0.05) is 30.3 Å². The Labute approximate surface area is 220 Å². The van der Waals surface area contributed by atoms with Crippen molar-refractivity contribution in [3.8, 4) is 0 Å². The molecule has 0 bridgehead atoms. The topological polar surface area (TPSA) is 137 Å². The number of carbonyl (C=O) groups is 3. The zero-order valence-corrected chi connectivity index (χ0v) is 21.0. The number of amides is 2. The highest BCUT2D eigenvalue weighted by molar-refractivity contribution is 5.95. The fourth-order valence-corrected chi connectivity index (χ4v) is 4.16. The van der Waals surface area contributed by atoms with E-state index in [0.717, 1.165) is 30.9 Å². The van der Waals surface area contributed by atoms with Crippen LogP contribution in [-0.4, -0.2) is 71.3 Å². The Morgan fingerprint density at radius 3 is 2.39 bits per heavy atom. The first-order valence-corrected chi connectivity index (χ1v) is 12.3. The number of alkyl carbamates (subject to hydrolysis) is 1. The fraction of sp³-hybridized carbons (Fsp3) is 0.296. The molecule has 11 nitrogen and oxygen atoms in total. The number of carboxylic acids is 1. The molecule has 3 N–H and O–H groups in total. The van der Waals surface area contributed by atoms with Crippen LogP contribution in [-0.2, 0) is 16.1 Å². The smallest absolute Gasteiger partial charge is 0.408 e. The maximum Gasteiger partial charge on any atom is 0.408 e. The second-order valence-electron chi connectivity index (χ2n) is 8.89. The molecule has 0 spiro atoms. The van der Waals surface area contributed by atoms with Gasteiger partial charge in [0.15, 0.2) is 0 Å². The molecule has 0 saturated carbocycles. The summed E-state index contributed by atoms with van der Waals surface area (Å²) in [4.78, 5) is 49.3. The molecule has 1 aromatic heterocycles. The second kappa shape index (κ2) is 12.5. The third-order valence-electron chi connectivity index (χ3n) is 6.20. The van der Waals surface area contributed by atoms with Crippen LogP contribution in [0.2, 0.25) is 0 Å². The minimum Gasteiger partial charge on any atom is -0.480 e. The van der Waals surface area contributed by atoms with E-state index in [0.29, 0.717) is 11.5 Å². The number of ether oxygens (including phenoxy) is 1. The molecule has 1 saturated heterocycles. The van der Waals surface area contributed by atoms with Crippen LogP contribution in [0.25, 0.3) is 0 Å². The second-order valence-corrected chi connectivity index (χ2v) is 8.89. The van der Waals surface area contributed by atoms with Crippen LogP contribution in [0.1, 0.15) is 22.8 Å². The maximum atomic E-state index is 12.6. The Morgan fingerprint density at radius 1 is 1.03 bits per heavy atom. The molecular formula is C27H30N6O5. The number of nitrogens with one attached hydrogen (secondary N) is 2. The molecule has 1 fully saturated rings. The monoisotopic (exact) mass is 518 g/mol. The van der Waals surface area contributed by atoms with Gasteiger partial charge in [-0.15, -0.1) is 0 Å². The number of nitrogens with zero attached hydrogens (tertiary/aromatic N) is 4. The molecule has 2 amide bonds. The Morgan fingerprint density at radius 2 is 1.74 bits per heavy atom. The predicted octanol–water partition coefficient (Wildman–Crippen LogP) is 2.30. The third kappa shape index (κ3) is 6.96. The lowest BCUT2D eigenvalue weighted by Gasteiger charge is -2.41. The first-order valence-electron chi connectivity index (χ1n) is 12.3. The minimum atomic E-state index is -1.34. The van der Waals surface area contributed by atoms with E-state index in [1.54, 1.807) is 54.9 Å². The summed E-state index contributed by atoms with van der Waals surface area (Å²) in [6.07, 6.45) is 2.59. The van der Waals surface area contributed by atoms with E-state index in [1.807, 2.05) is 18.2 Å². The minimum absolute atomic E-state index is 0.00554. The largest absolute Gasteiger partial charge is 0.480 e. The molecular weight excluding hydrogens is 488 g/mol. The van der Waals surface area contributed by atoms with Crippen LogP contribution in [0.4, 0.5) is 16.4 Å². The maximum absolute atomic E-state index is 12.6. The molecule has 11 heteroatoms. The van der Waals surface area contributed by atoms with Crippen LogP contribution in [0.5, 0.6) is 0 Å². The lowest BCUT2D eigenvalue weighted by molar-refractivity contribution is -0.139.